The van der Waals surface area contributed by atoms with Crippen molar-refractivity contribution in [2.45, 2.75) is 38.5 Å². The molecule has 2 aliphatic rings. The van der Waals surface area contributed by atoms with Crippen LogP contribution in [0.5, 0.6) is 0 Å². The second-order valence-corrected chi connectivity index (χ2v) is 11.6. The molecule has 0 bridgehead atoms. The topological polar surface area (TPSA) is 25.8 Å². The average molecular weight is 612 g/mol. The van der Waals surface area contributed by atoms with Gasteiger partial charge in [-0.3, -0.25) is 4.98 Å². The van der Waals surface area contributed by atoms with Gasteiger partial charge in [-0.15, -0.1) is 28.8 Å². The van der Waals surface area contributed by atoms with Crippen LogP contribution in [0.3, 0.4) is 0 Å². The first kappa shape index (κ1) is 21.7. The minimum Gasteiger partial charge on any atom is -0.302 e. The molecule has 0 aliphatic carbocycles. The molecule has 32 heavy (non-hydrogen) atoms. The maximum atomic E-state index is 4.61. The first-order valence-corrected chi connectivity index (χ1v) is 12.1. The van der Waals surface area contributed by atoms with E-state index in [1.165, 1.54) is 38.2 Å². The van der Waals surface area contributed by atoms with Gasteiger partial charge < -0.3 is 4.98 Å². The summed E-state index contributed by atoms with van der Waals surface area (Å²) < 4.78 is 0. The van der Waals surface area contributed by atoms with Crippen LogP contribution >= 0.6 is 7.92 Å². The first-order valence-electron chi connectivity index (χ1n) is 10.8. The molecule has 1 radical (unpaired) electrons. The molecule has 6 rings (SSSR count). The molecular weight excluding hydrogens is 588 g/mol. The number of benzene rings is 3. The standard InChI is InChI=1S/C28H24N2P.Ir/c1-27(2)19-9-5-7-11-24(19)31-25-12-8-6-10-20(25)28(3,4)22-16-18(15-21(27)26(22)31)23-17-29-13-14-30-23;/h5-15,17H,1-4H3;/q-1;. The molecule has 4 aromatic rings. The van der Waals surface area contributed by atoms with Gasteiger partial charge in [-0.1, -0.05) is 89.5 Å². The summed E-state index contributed by atoms with van der Waals surface area (Å²) in [5.41, 5.74) is 7.29. The van der Waals surface area contributed by atoms with Crippen molar-refractivity contribution >= 4 is 23.8 Å². The Morgan fingerprint density at radius 3 is 2.03 bits per heavy atom. The van der Waals surface area contributed by atoms with Gasteiger partial charge >= 0.3 is 0 Å². The van der Waals surface area contributed by atoms with E-state index < -0.39 is 7.92 Å². The van der Waals surface area contributed by atoms with Gasteiger partial charge in [-0.25, -0.2) is 0 Å². The monoisotopic (exact) mass is 612 g/mol. The van der Waals surface area contributed by atoms with Crippen LogP contribution in [0.1, 0.15) is 49.9 Å². The van der Waals surface area contributed by atoms with Gasteiger partial charge in [0.15, 0.2) is 0 Å². The van der Waals surface area contributed by atoms with Crippen LogP contribution in [-0.2, 0) is 30.9 Å². The van der Waals surface area contributed by atoms with Crippen molar-refractivity contribution in [3.8, 4) is 11.3 Å². The van der Waals surface area contributed by atoms with Crippen LogP contribution in [0, 0.1) is 6.07 Å². The normalized spacial score (nSPS) is 18.6. The molecule has 4 heteroatoms. The summed E-state index contributed by atoms with van der Waals surface area (Å²) in [6, 6.07) is 24.2. The fourth-order valence-corrected chi connectivity index (χ4v) is 8.90. The van der Waals surface area contributed by atoms with Gasteiger partial charge in [0.1, 0.15) is 0 Å². The van der Waals surface area contributed by atoms with Gasteiger partial charge in [0, 0.05) is 44.4 Å². The van der Waals surface area contributed by atoms with Crippen molar-refractivity contribution < 1.29 is 20.1 Å². The molecule has 0 saturated heterocycles. The fourth-order valence-electron chi connectivity index (χ4n) is 5.36. The third-order valence-electron chi connectivity index (χ3n) is 7.04. The summed E-state index contributed by atoms with van der Waals surface area (Å²) in [7, 11) is -0.617. The summed E-state index contributed by atoms with van der Waals surface area (Å²) in [6.07, 6.45) is 5.34. The minimum atomic E-state index is -0.617. The van der Waals surface area contributed by atoms with E-state index in [0.717, 1.165) is 11.3 Å². The summed E-state index contributed by atoms with van der Waals surface area (Å²) >= 11 is 0. The molecular formula is C28H24IrN2P-. The van der Waals surface area contributed by atoms with Crippen LogP contribution in [0.4, 0.5) is 0 Å². The Hall–Kier alpha value is -2.18. The zero-order valence-corrected chi connectivity index (χ0v) is 21.9. The van der Waals surface area contributed by atoms with Gasteiger partial charge in [0.25, 0.3) is 0 Å². The molecule has 3 heterocycles. The molecule has 2 aliphatic heterocycles. The van der Waals surface area contributed by atoms with Crippen LogP contribution < -0.4 is 15.9 Å². The molecule has 0 fully saturated rings. The third-order valence-corrected chi connectivity index (χ3v) is 9.69. The Bertz CT molecular complexity index is 1260. The van der Waals surface area contributed by atoms with E-state index in [0.29, 0.717) is 0 Å². The third kappa shape index (κ3) is 2.85. The summed E-state index contributed by atoms with van der Waals surface area (Å²) in [5, 5.41) is 4.47. The second kappa shape index (κ2) is 7.42. The predicted molar refractivity (Wildman–Crippen MR) is 129 cm³/mol. The predicted octanol–water partition coefficient (Wildman–Crippen LogP) is 4.98. The Morgan fingerprint density at radius 1 is 0.781 bits per heavy atom. The van der Waals surface area contributed by atoms with Crippen molar-refractivity contribution in [3.05, 3.63) is 102 Å². The van der Waals surface area contributed by atoms with E-state index in [4.69, 9.17) is 0 Å². The van der Waals surface area contributed by atoms with E-state index in [2.05, 4.69) is 98.3 Å². The maximum absolute atomic E-state index is 4.61. The SMILES string of the molecule is CC1(C)c2[c-]c(-c3cnccn3)cc3c2P(c2ccccc21)c1ccccc1C3(C)C.[Ir]. The Balaban J connectivity index is 0.00000216. The van der Waals surface area contributed by atoms with E-state index in [-0.39, 0.29) is 30.9 Å². The maximum Gasteiger partial charge on any atom is 0.0432 e. The van der Waals surface area contributed by atoms with Gasteiger partial charge in [0.2, 0.25) is 0 Å². The van der Waals surface area contributed by atoms with E-state index in [9.17, 15) is 0 Å². The van der Waals surface area contributed by atoms with E-state index >= 15 is 0 Å². The number of rotatable bonds is 1. The Kier molecular flexibility index (Phi) is 5.02. The van der Waals surface area contributed by atoms with Gasteiger partial charge in [0.05, 0.1) is 0 Å². The number of aromatic nitrogens is 2. The number of nitrogens with zero attached hydrogens (tertiary/aromatic N) is 2. The minimum absolute atomic E-state index is 0. The van der Waals surface area contributed by atoms with Gasteiger partial charge in [-0.2, -0.15) is 0 Å². The van der Waals surface area contributed by atoms with E-state index in [1.54, 1.807) is 12.4 Å². The smallest absolute Gasteiger partial charge is 0.0432 e. The number of fused-ring (bicyclic) bond motifs is 4. The quantitative estimate of drug-likeness (QED) is 0.224. The Morgan fingerprint density at radius 2 is 1.41 bits per heavy atom. The average Bonchev–Trinajstić information content (AvgIpc) is 2.79. The molecule has 1 atom stereocenters. The molecule has 1 unspecified atom stereocenters. The molecule has 0 saturated carbocycles. The van der Waals surface area contributed by atoms with Crippen molar-refractivity contribution in [2.24, 2.45) is 0 Å². The van der Waals surface area contributed by atoms with Gasteiger partial charge in [-0.05, 0) is 32.6 Å². The number of hydrogen-bond acceptors (Lipinski definition) is 2. The summed E-state index contributed by atoms with van der Waals surface area (Å²) in [4.78, 5) is 8.93. The van der Waals surface area contributed by atoms with E-state index in [1.807, 2.05) is 6.20 Å². The molecule has 2 nitrogen and oxygen atoms in total. The Labute approximate surface area is 204 Å². The molecule has 0 spiro atoms. The molecule has 161 valence electrons. The zero-order chi connectivity index (χ0) is 21.4. The van der Waals surface area contributed by atoms with Crippen molar-refractivity contribution in [1.82, 2.24) is 9.97 Å². The van der Waals surface area contributed by atoms with Crippen LogP contribution in [0.15, 0.2) is 73.2 Å². The molecule has 1 aromatic heterocycles. The van der Waals surface area contributed by atoms with Crippen molar-refractivity contribution in [3.63, 3.8) is 0 Å². The van der Waals surface area contributed by atoms with Crippen molar-refractivity contribution in [1.29, 1.82) is 0 Å². The van der Waals surface area contributed by atoms with Crippen LogP contribution in [0.25, 0.3) is 11.3 Å². The zero-order valence-electron chi connectivity index (χ0n) is 18.6. The molecule has 0 amide bonds. The first-order chi connectivity index (χ1) is 14.9. The largest absolute Gasteiger partial charge is 0.302 e. The van der Waals surface area contributed by atoms with Crippen LogP contribution in [0.2, 0.25) is 0 Å². The number of hydrogen-bond donors (Lipinski definition) is 0. The second-order valence-electron chi connectivity index (χ2n) is 9.53. The molecule has 0 N–H and O–H groups in total. The summed E-state index contributed by atoms with van der Waals surface area (Å²) in [5.74, 6) is 0. The van der Waals surface area contributed by atoms with Crippen LogP contribution in [-0.4, -0.2) is 9.97 Å². The summed E-state index contributed by atoms with van der Waals surface area (Å²) in [6.45, 7) is 9.42. The molecule has 3 aromatic carbocycles. The fraction of sp³-hybridized carbons (Fsp3) is 0.214. The van der Waals surface area contributed by atoms with Crippen molar-refractivity contribution in [2.75, 3.05) is 0 Å².